The van der Waals surface area contributed by atoms with Crippen molar-refractivity contribution in [2.45, 2.75) is 132 Å². The average Bonchev–Trinajstić information content (AvgIpc) is 4.07. The average molecular weight is 883 g/mol. The van der Waals surface area contributed by atoms with Gasteiger partial charge in [0.25, 0.3) is 11.8 Å². The van der Waals surface area contributed by atoms with E-state index in [0.717, 1.165) is 0 Å². The van der Waals surface area contributed by atoms with Crippen LogP contribution in [0, 0.1) is 0 Å². The monoisotopic (exact) mass is 882 g/mol. The molecule has 6 aliphatic rings. The highest BCUT2D eigenvalue weighted by Gasteiger charge is 2.47. The number of fused-ring (bicyclic) bond motifs is 2. The number of rotatable bonds is 10. The van der Waals surface area contributed by atoms with Crippen LogP contribution >= 0.6 is 0 Å². The predicted octanol–water partition coefficient (Wildman–Crippen LogP) is 1.53. The number of carbonyl (C=O) groups excluding carboxylic acids is 8. The summed E-state index contributed by atoms with van der Waals surface area (Å²) in [6, 6.07) is 12.7. The third-order valence-corrected chi connectivity index (χ3v) is 12.2. The number of aliphatic hydroxyl groups is 1. The molecule has 10 atom stereocenters. The Labute approximate surface area is 370 Å². The van der Waals surface area contributed by atoms with Crippen molar-refractivity contribution in [2.24, 2.45) is 0 Å². The lowest BCUT2D eigenvalue weighted by atomic mass is 10.0. The van der Waals surface area contributed by atoms with Gasteiger partial charge in [-0.15, -0.1) is 0 Å². The van der Waals surface area contributed by atoms with Crippen LogP contribution in [0.5, 0.6) is 0 Å². The van der Waals surface area contributed by atoms with Gasteiger partial charge in [0.1, 0.15) is 36.3 Å². The normalized spacial score (nSPS) is 30.7. The molecule has 0 spiro atoms. The lowest BCUT2D eigenvalue weighted by Crippen LogP contribution is -2.57. The van der Waals surface area contributed by atoms with Crippen molar-refractivity contribution in [2.75, 3.05) is 6.61 Å². The van der Waals surface area contributed by atoms with Gasteiger partial charge in [-0.1, -0.05) is 60.7 Å². The van der Waals surface area contributed by atoms with Crippen LogP contribution in [-0.2, 0) is 43.0 Å². The molecule has 4 fully saturated rings. The summed E-state index contributed by atoms with van der Waals surface area (Å²) >= 11 is 0. The van der Waals surface area contributed by atoms with Crippen molar-refractivity contribution in [3.63, 3.8) is 0 Å². The molecule has 2 aromatic carbocycles. The number of nitrogens with zero attached hydrogens (tertiary/aromatic N) is 2. The minimum Gasteiger partial charge on any atom is -0.434 e. The van der Waals surface area contributed by atoms with Crippen LogP contribution < -0.4 is 21.3 Å². The molecule has 64 heavy (non-hydrogen) atoms. The number of hydrogen-bond donors (Lipinski definition) is 5. The van der Waals surface area contributed by atoms with Crippen LogP contribution in [0.15, 0.2) is 85.0 Å². The number of esters is 2. The van der Waals surface area contributed by atoms with Crippen LogP contribution in [0.25, 0.3) is 0 Å². The van der Waals surface area contributed by atoms with E-state index in [4.69, 9.17) is 9.47 Å². The van der Waals surface area contributed by atoms with Crippen LogP contribution in [0.3, 0.4) is 0 Å². The molecule has 18 nitrogen and oxygen atoms in total. The highest BCUT2D eigenvalue weighted by molar-refractivity contribution is 6.00. The van der Waals surface area contributed by atoms with E-state index in [1.54, 1.807) is 71.3 Å². The number of carbonyl (C=O) groups is 8. The van der Waals surface area contributed by atoms with E-state index in [2.05, 4.69) is 26.0 Å². The number of amides is 6. The molecule has 2 unspecified atom stereocenters. The maximum absolute atomic E-state index is 13.5. The Kier molecular flexibility index (Phi) is 14.9. The highest BCUT2D eigenvalue weighted by Crippen LogP contribution is 2.32. The van der Waals surface area contributed by atoms with E-state index < -0.39 is 66.7 Å². The van der Waals surface area contributed by atoms with E-state index in [0.29, 0.717) is 69.1 Å². The summed E-state index contributed by atoms with van der Waals surface area (Å²) in [4.78, 5) is 104. The Morgan fingerprint density at radius 3 is 1.50 bits per heavy atom. The standard InChI is InChI=1S/C24H29N3O6.C22H25N3O6/c1-2-32-24-18(14-20(28)33-24)26-22(30)19-13-12-16-10-6-7-11-17(23(31)27(16)19)25-21(29)15-8-4-3-5-9-15;26-18-12-16(22(30)31-18)24-20(28)17-11-10-14-8-4-5-9-15(21(29)25(14)17)23-19(27)13-6-2-1-3-7-13/h3-9,16-19,24H,2,10-14H2,1H3,(H,25,29)(H,26,30);1-7,14-17,22,30H,8-12H2,(H,23,27)(H,24,28)/b7-6-;5-4-/t16-,17-,18-,19-,24?;14-,15-,16-,17-,22?/m00/s1. The van der Waals surface area contributed by atoms with Crippen molar-refractivity contribution >= 4 is 47.4 Å². The van der Waals surface area contributed by atoms with Gasteiger partial charge in [-0.05, 0) is 82.6 Å². The predicted molar refractivity (Wildman–Crippen MR) is 226 cm³/mol. The van der Waals surface area contributed by atoms with Crippen molar-refractivity contribution in [3.8, 4) is 0 Å². The van der Waals surface area contributed by atoms with Gasteiger partial charge in [-0.3, -0.25) is 38.4 Å². The number of aliphatic hydroxyl groups excluding tert-OH is 1. The Hall–Kier alpha value is -6.40. The molecular formula is C46H54N6O12. The van der Waals surface area contributed by atoms with Crippen LogP contribution in [-0.4, -0.2) is 130 Å². The minimum atomic E-state index is -1.39. The van der Waals surface area contributed by atoms with Gasteiger partial charge in [0.05, 0.1) is 12.8 Å². The molecule has 5 N–H and O–H groups in total. The van der Waals surface area contributed by atoms with Crippen molar-refractivity contribution < 1.29 is 57.7 Å². The van der Waals surface area contributed by atoms with Crippen LogP contribution in [0.1, 0.15) is 91.8 Å². The lowest BCUT2D eigenvalue weighted by Gasteiger charge is -2.34. The fraction of sp³-hybridized carbons (Fsp3) is 0.478. The molecule has 0 saturated carbocycles. The Balaban J connectivity index is 0.000000192. The summed E-state index contributed by atoms with van der Waals surface area (Å²) in [7, 11) is 0. The summed E-state index contributed by atoms with van der Waals surface area (Å²) in [6.45, 7) is 2.12. The zero-order chi connectivity index (χ0) is 45.3. The molecule has 6 aliphatic heterocycles. The summed E-state index contributed by atoms with van der Waals surface area (Å²) in [5.41, 5.74) is 0.921. The maximum atomic E-state index is 13.5. The number of benzene rings is 2. The van der Waals surface area contributed by atoms with E-state index in [9.17, 15) is 43.5 Å². The number of nitrogens with one attached hydrogen (secondary N) is 4. The third-order valence-electron chi connectivity index (χ3n) is 12.2. The molecule has 0 radical (unpaired) electrons. The topological polar surface area (TPSA) is 239 Å². The van der Waals surface area contributed by atoms with Gasteiger partial charge >= 0.3 is 11.9 Å². The molecule has 0 aromatic heterocycles. The largest absolute Gasteiger partial charge is 0.434 e. The first-order valence-electron chi connectivity index (χ1n) is 21.9. The molecule has 6 heterocycles. The molecule has 0 bridgehead atoms. The first-order chi connectivity index (χ1) is 30.9. The number of ether oxygens (including phenoxy) is 3. The first kappa shape index (κ1) is 45.6. The van der Waals surface area contributed by atoms with Crippen molar-refractivity contribution in [1.82, 2.24) is 31.1 Å². The van der Waals surface area contributed by atoms with Gasteiger partial charge in [-0.25, -0.2) is 0 Å². The summed E-state index contributed by atoms with van der Waals surface area (Å²) in [6.07, 6.45) is 9.74. The third kappa shape index (κ3) is 10.7. The smallest absolute Gasteiger partial charge is 0.310 e. The fourth-order valence-electron chi connectivity index (χ4n) is 9.04. The summed E-state index contributed by atoms with van der Waals surface area (Å²) in [5.74, 6) is -3.05. The molecule has 2 aromatic rings. The van der Waals surface area contributed by atoms with Gasteiger partial charge in [0.15, 0.2) is 0 Å². The number of cyclic esters (lactones) is 2. The SMILES string of the molecule is CCOC1OC(=O)C[C@@H]1NC(=O)[C@@H]1CC[C@@H]2C/C=C\C[C@H](NC(=O)c3ccccc3)C(=O)N21.O=C1C[C@H](NC(=O)[C@@H]2CC[C@@H]3C/C=C\C[C@H](NC(=O)c4ccccc4)C(=O)N32)C(O)O1. The molecule has 340 valence electrons. The van der Waals surface area contributed by atoms with E-state index >= 15 is 0 Å². The van der Waals surface area contributed by atoms with E-state index in [-0.39, 0.29) is 54.5 Å². The molecule has 0 aliphatic carbocycles. The summed E-state index contributed by atoms with van der Waals surface area (Å²) < 4.78 is 15.2. The van der Waals surface area contributed by atoms with Crippen LogP contribution in [0.2, 0.25) is 0 Å². The van der Waals surface area contributed by atoms with Gasteiger partial charge in [-0.2, -0.15) is 0 Å². The van der Waals surface area contributed by atoms with E-state index in [1.807, 2.05) is 30.4 Å². The van der Waals surface area contributed by atoms with Gasteiger partial charge in [0.2, 0.25) is 36.2 Å². The molecular weight excluding hydrogens is 829 g/mol. The first-order valence-corrected chi connectivity index (χ1v) is 21.9. The van der Waals surface area contributed by atoms with E-state index in [1.165, 1.54) is 0 Å². The lowest BCUT2D eigenvalue weighted by molar-refractivity contribution is -0.164. The maximum Gasteiger partial charge on any atom is 0.310 e. The molecule has 18 heteroatoms. The van der Waals surface area contributed by atoms with Crippen molar-refractivity contribution in [1.29, 1.82) is 0 Å². The highest BCUT2D eigenvalue weighted by atomic mass is 16.7. The van der Waals surface area contributed by atoms with Gasteiger partial charge < -0.3 is 50.4 Å². The zero-order valence-corrected chi connectivity index (χ0v) is 35.5. The number of hydrogen-bond acceptors (Lipinski definition) is 12. The molecule has 6 amide bonds. The van der Waals surface area contributed by atoms with Crippen LogP contribution in [0.4, 0.5) is 0 Å². The zero-order valence-electron chi connectivity index (χ0n) is 35.5. The second kappa shape index (κ2) is 20.9. The Morgan fingerprint density at radius 2 is 1.05 bits per heavy atom. The molecule has 4 saturated heterocycles. The quantitative estimate of drug-likeness (QED) is 0.169. The minimum absolute atomic E-state index is 0.0268. The summed E-state index contributed by atoms with van der Waals surface area (Å²) in [5, 5.41) is 20.9. The molecule has 8 rings (SSSR count). The van der Waals surface area contributed by atoms with Gasteiger partial charge in [0, 0.05) is 29.8 Å². The van der Waals surface area contributed by atoms with Crippen molar-refractivity contribution in [3.05, 3.63) is 96.1 Å². The second-order valence-corrected chi connectivity index (χ2v) is 16.5. The Morgan fingerprint density at radius 1 is 0.609 bits per heavy atom. The fourth-order valence-corrected chi connectivity index (χ4v) is 9.04. The second-order valence-electron chi connectivity index (χ2n) is 16.5. The Bertz CT molecular complexity index is 2130.